The lowest BCUT2D eigenvalue weighted by Crippen LogP contribution is -2.03. The Kier molecular flexibility index (Phi) is 18.9. The van der Waals surface area contributed by atoms with E-state index in [9.17, 15) is 0 Å². The van der Waals surface area contributed by atoms with E-state index in [2.05, 4.69) is 77.2 Å². The van der Waals surface area contributed by atoms with Crippen molar-refractivity contribution in [2.45, 2.75) is 40.5 Å². The van der Waals surface area contributed by atoms with E-state index in [1.165, 1.54) is 56.4 Å². The van der Waals surface area contributed by atoms with Crippen LogP contribution in [0.15, 0.2) is 24.3 Å². The molecule has 0 spiro atoms. The lowest BCUT2D eigenvalue weighted by atomic mass is 9.96. The Morgan fingerprint density at radius 3 is 1.13 bits per heavy atom. The van der Waals surface area contributed by atoms with E-state index < -0.39 is 0 Å². The molecule has 0 aliphatic heterocycles. The normalized spacial score (nSPS) is 11.2. The molecule has 2 nitrogen and oxygen atoms in total. The molecular formula is C30H46O2S6. The van der Waals surface area contributed by atoms with E-state index in [1.54, 1.807) is 0 Å². The minimum absolute atomic E-state index is 0.773. The molecule has 0 radical (unpaired) electrons. The standard InChI is InChI=1S/C30H46O2S6/c1-23-19-27(20-24(2)29(23)31-7-5-11-35-15-17-37-13-9-33)28-21-25(3)30(26(4)22-28)32-8-6-12-36-16-18-38-14-10-34/h19-22,33-34H,5-18H2,1-4H3. The number of benzene rings is 2. The summed E-state index contributed by atoms with van der Waals surface area (Å²) in [6.45, 7) is 10.2. The second kappa shape index (κ2) is 20.9. The highest BCUT2D eigenvalue weighted by Gasteiger charge is 2.12. The molecule has 2 aromatic rings. The molecule has 214 valence electrons. The van der Waals surface area contributed by atoms with E-state index in [0.717, 1.165) is 72.1 Å². The van der Waals surface area contributed by atoms with Crippen molar-refractivity contribution in [3.8, 4) is 22.6 Å². The van der Waals surface area contributed by atoms with Gasteiger partial charge in [0.05, 0.1) is 13.2 Å². The fraction of sp³-hybridized carbons (Fsp3) is 0.600. The summed E-state index contributed by atoms with van der Waals surface area (Å²) in [4.78, 5) is 0. The lowest BCUT2D eigenvalue weighted by Gasteiger charge is -2.17. The van der Waals surface area contributed by atoms with Crippen molar-refractivity contribution in [1.29, 1.82) is 0 Å². The van der Waals surface area contributed by atoms with Gasteiger partial charge in [-0.05, 0) is 121 Å². The van der Waals surface area contributed by atoms with Crippen LogP contribution in [-0.2, 0) is 0 Å². The third-order valence-corrected chi connectivity index (χ3v) is 11.5. The molecule has 2 rings (SSSR count). The number of thiol groups is 2. The van der Waals surface area contributed by atoms with Gasteiger partial charge in [0, 0.05) is 34.5 Å². The molecule has 0 amide bonds. The van der Waals surface area contributed by atoms with Crippen LogP contribution in [0.2, 0.25) is 0 Å². The molecule has 2 aromatic carbocycles. The first kappa shape index (κ1) is 34.3. The van der Waals surface area contributed by atoms with Gasteiger partial charge in [-0.1, -0.05) is 0 Å². The summed E-state index contributed by atoms with van der Waals surface area (Å²) in [7, 11) is 0. The zero-order valence-electron chi connectivity index (χ0n) is 23.6. The van der Waals surface area contributed by atoms with Gasteiger partial charge in [0.2, 0.25) is 0 Å². The van der Waals surface area contributed by atoms with Crippen molar-refractivity contribution < 1.29 is 9.47 Å². The van der Waals surface area contributed by atoms with Crippen LogP contribution >= 0.6 is 72.3 Å². The van der Waals surface area contributed by atoms with Crippen molar-refractivity contribution in [3.05, 3.63) is 46.5 Å². The van der Waals surface area contributed by atoms with Gasteiger partial charge < -0.3 is 9.47 Å². The van der Waals surface area contributed by atoms with Gasteiger partial charge in [-0.2, -0.15) is 72.3 Å². The van der Waals surface area contributed by atoms with E-state index >= 15 is 0 Å². The summed E-state index contributed by atoms with van der Waals surface area (Å²) in [6, 6.07) is 9.04. The maximum absolute atomic E-state index is 6.21. The summed E-state index contributed by atoms with van der Waals surface area (Å²) in [5.74, 6) is 13.5. The van der Waals surface area contributed by atoms with E-state index in [-0.39, 0.29) is 0 Å². The highest BCUT2D eigenvalue weighted by molar-refractivity contribution is 8.03. The Labute approximate surface area is 260 Å². The van der Waals surface area contributed by atoms with Crippen molar-refractivity contribution in [2.75, 3.05) is 70.7 Å². The molecule has 0 aliphatic carbocycles. The van der Waals surface area contributed by atoms with Crippen molar-refractivity contribution in [1.82, 2.24) is 0 Å². The third-order valence-electron chi connectivity index (χ3n) is 5.83. The smallest absolute Gasteiger partial charge is 0.125 e. The minimum atomic E-state index is 0.773. The SMILES string of the molecule is Cc1cc(-c2cc(C)c(OCCCSCCSCCS)c(C)c2)cc(C)c1OCCCSCCSCCS. The van der Waals surface area contributed by atoms with Crippen LogP contribution in [0.5, 0.6) is 11.5 Å². The average molecular weight is 631 g/mol. The molecule has 8 heteroatoms. The van der Waals surface area contributed by atoms with Crippen LogP contribution in [0.4, 0.5) is 0 Å². The molecule has 0 heterocycles. The molecule has 0 aliphatic rings. The largest absolute Gasteiger partial charge is 0.493 e. The van der Waals surface area contributed by atoms with Crippen LogP contribution in [0, 0.1) is 27.7 Å². The van der Waals surface area contributed by atoms with Crippen LogP contribution in [0.1, 0.15) is 35.1 Å². The second-order valence-electron chi connectivity index (χ2n) is 9.18. The van der Waals surface area contributed by atoms with Gasteiger partial charge in [0.25, 0.3) is 0 Å². The zero-order valence-corrected chi connectivity index (χ0v) is 28.6. The van der Waals surface area contributed by atoms with Crippen molar-refractivity contribution in [2.24, 2.45) is 0 Å². The Hall–Kier alpha value is 0.140. The second-order valence-corrected chi connectivity index (χ2v) is 15.0. The first-order chi connectivity index (χ1) is 18.5. The van der Waals surface area contributed by atoms with Gasteiger partial charge in [0.1, 0.15) is 11.5 Å². The lowest BCUT2D eigenvalue weighted by molar-refractivity contribution is 0.314. The summed E-state index contributed by atoms with van der Waals surface area (Å²) in [6.07, 6.45) is 2.16. The highest BCUT2D eigenvalue weighted by Crippen LogP contribution is 2.34. The molecule has 0 bridgehead atoms. The topological polar surface area (TPSA) is 18.5 Å². The summed E-state index contributed by atoms with van der Waals surface area (Å²) in [5.41, 5.74) is 7.29. The molecule has 0 unspecified atom stereocenters. The van der Waals surface area contributed by atoms with Crippen LogP contribution < -0.4 is 9.47 Å². The maximum atomic E-state index is 6.21. The van der Waals surface area contributed by atoms with Gasteiger partial charge in [0.15, 0.2) is 0 Å². The van der Waals surface area contributed by atoms with E-state index in [1.807, 2.05) is 47.0 Å². The van der Waals surface area contributed by atoms with E-state index in [4.69, 9.17) is 9.47 Å². The fourth-order valence-corrected chi connectivity index (χ4v) is 8.51. The van der Waals surface area contributed by atoms with Gasteiger partial charge in [-0.3, -0.25) is 0 Å². The quantitative estimate of drug-likeness (QED) is 0.105. The first-order valence-electron chi connectivity index (χ1n) is 13.5. The molecule has 38 heavy (non-hydrogen) atoms. The molecule has 0 aromatic heterocycles. The van der Waals surface area contributed by atoms with Gasteiger partial charge >= 0.3 is 0 Å². The van der Waals surface area contributed by atoms with Gasteiger partial charge in [-0.15, -0.1) is 0 Å². The minimum Gasteiger partial charge on any atom is -0.493 e. The Bertz CT molecular complexity index is 815. The maximum Gasteiger partial charge on any atom is 0.125 e. The number of rotatable bonds is 21. The average Bonchev–Trinajstić information content (AvgIpc) is 2.89. The van der Waals surface area contributed by atoms with E-state index in [0.29, 0.717) is 0 Å². The number of aryl methyl sites for hydroxylation is 4. The van der Waals surface area contributed by atoms with Crippen LogP contribution in [0.3, 0.4) is 0 Å². The highest BCUT2D eigenvalue weighted by atomic mass is 32.2. The predicted octanol–water partition coefficient (Wildman–Crippen LogP) is 8.92. The van der Waals surface area contributed by atoms with Crippen molar-refractivity contribution >= 4 is 72.3 Å². The Morgan fingerprint density at radius 2 is 0.816 bits per heavy atom. The van der Waals surface area contributed by atoms with Gasteiger partial charge in [-0.25, -0.2) is 0 Å². The summed E-state index contributed by atoms with van der Waals surface area (Å²) >= 11 is 16.5. The number of hydrogen-bond acceptors (Lipinski definition) is 8. The summed E-state index contributed by atoms with van der Waals surface area (Å²) in [5, 5.41) is 0. The van der Waals surface area contributed by atoms with Crippen LogP contribution in [-0.4, -0.2) is 70.7 Å². The predicted molar refractivity (Wildman–Crippen MR) is 188 cm³/mol. The molecule has 0 fully saturated rings. The molecular weight excluding hydrogens is 585 g/mol. The molecule has 0 saturated heterocycles. The molecule has 0 atom stereocenters. The zero-order chi connectivity index (χ0) is 27.6. The monoisotopic (exact) mass is 630 g/mol. The number of ether oxygens (including phenoxy) is 2. The Balaban J connectivity index is 1.83. The molecule has 0 saturated carbocycles. The van der Waals surface area contributed by atoms with Crippen LogP contribution in [0.25, 0.3) is 11.1 Å². The molecule has 0 N–H and O–H groups in total. The van der Waals surface area contributed by atoms with Crippen molar-refractivity contribution in [3.63, 3.8) is 0 Å². The Morgan fingerprint density at radius 1 is 0.500 bits per heavy atom. The fourth-order valence-electron chi connectivity index (χ4n) is 4.13. The third kappa shape index (κ3) is 13.2. The first-order valence-corrected chi connectivity index (χ1v) is 19.4. The summed E-state index contributed by atoms with van der Waals surface area (Å²) < 4.78 is 12.4. The number of hydrogen-bond donors (Lipinski definition) is 2. The number of thioether (sulfide) groups is 4.